The molecule has 4 rings (SSSR count). The molecule has 0 atom stereocenters. The largest absolute Gasteiger partial charge is 0.298 e. The summed E-state index contributed by atoms with van der Waals surface area (Å²) in [5.74, 6) is 0. The molecule has 0 amide bonds. The van der Waals surface area contributed by atoms with Crippen molar-refractivity contribution in [2.24, 2.45) is 10.2 Å². The van der Waals surface area contributed by atoms with Crippen molar-refractivity contribution in [3.63, 3.8) is 0 Å². The lowest BCUT2D eigenvalue weighted by Gasteiger charge is -2.28. The zero-order chi connectivity index (χ0) is 20.8. The molecule has 2 aliphatic heterocycles. The zero-order valence-corrected chi connectivity index (χ0v) is 18.5. The fourth-order valence-electron chi connectivity index (χ4n) is 3.80. The molecule has 0 saturated carbocycles. The van der Waals surface area contributed by atoms with Crippen LogP contribution in [0.3, 0.4) is 0 Å². The zero-order valence-electron chi connectivity index (χ0n) is 17.0. The van der Waals surface area contributed by atoms with Crippen LogP contribution in [0.5, 0.6) is 0 Å². The van der Waals surface area contributed by atoms with E-state index in [-0.39, 0.29) is 0 Å². The van der Waals surface area contributed by atoms with Crippen molar-refractivity contribution in [1.29, 1.82) is 0 Å². The van der Waals surface area contributed by atoms with E-state index >= 15 is 0 Å². The second-order valence-electron chi connectivity index (χ2n) is 7.86. The van der Waals surface area contributed by atoms with Crippen LogP contribution < -0.4 is 0 Å². The standard InChI is InChI=1S/C22H26Cl2N6/c23-21-3-1-17(13-25-21)15-29-9-5-19(6-10-29)27-28-20-7-11-30(12-8-20)16-18-2-4-22(24)26-14-18/h1-4,13-14H,5-12,15-16H2. The summed E-state index contributed by atoms with van der Waals surface area (Å²) in [5.41, 5.74) is 4.81. The molecule has 158 valence electrons. The van der Waals surface area contributed by atoms with E-state index in [0.29, 0.717) is 10.3 Å². The Morgan fingerprint density at radius 2 is 1.07 bits per heavy atom. The molecule has 6 nitrogen and oxygen atoms in total. The van der Waals surface area contributed by atoms with Gasteiger partial charge in [0.1, 0.15) is 10.3 Å². The molecule has 2 aliphatic rings. The second kappa shape index (κ2) is 10.4. The van der Waals surface area contributed by atoms with Gasteiger partial charge in [0.25, 0.3) is 0 Å². The molecule has 0 spiro atoms. The normalized spacial score (nSPS) is 18.5. The first-order chi connectivity index (χ1) is 14.6. The van der Waals surface area contributed by atoms with Gasteiger partial charge in [-0.1, -0.05) is 35.3 Å². The molecule has 4 heterocycles. The van der Waals surface area contributed by atoms with Crippen LogP contribution in [0, 0.1) is 0 Å². The van der Waals surface area contributed by atoms with Gasteiger partial charge in [-0.15, -0.1) is 0 Å². The molecule has 2 aromatic heterocycles. The van der Waals surface area contributed by atoms with Crippen LogP contribution in [0.2, 0.25) is 10.3 Å². The number of likely N-dealkylation sites (tertiary alicyclic amines) is 2. The molecule has 0 bridgehead atoms. The topological polar surface area (TPSA) is 57.0 Å². The van der Waals surface area contributed by atoms with Gasteiger partial charge in [0.15, 0.2) is 0 Å². The number of pyridine rings is 2. The molecule has 2 saturated heterocycles. The molecule has 2 aromatic rings. The summed E-state index contributed by atoms with van der Waals surface area (Å²) in [6.07, 6.45) is 7.63. The lowest BCUT2D eigenvalue weighted by Crippen LogP contribution is -2.34. The van der Waals surface area contributed by atoms with Gasteiger partial charge < -0.3 is 0 Å². The van der Waals surface area contributed by atoms with Crippen molar-refractivity contribution in [3.8, 4) is 0 Å². The Balaban J connectivity index is 1.20. The summed E-state index contributed by atoms with van der Waals surface area (Å²) < 4.78 is 0. The lowest BCUT2D eigenvalue weighted by atomic mass is 10.1. The quantitative estimate of drug-likeness (QED) is 0.503. The van der Waals surface area contributed by atoms with Crippen molar-refractivity contribution in [2.75, 3.05) is 26.2 Å². The number of halogens is 2. The highest BCUT2D eigenvalue weighted by Gasteiger charge is 2.17. The molecule has 30 heavy (non-hydrogen) atoms. The van der Waals surface area contributed by atoms with Crippen LogP contribution in [0.25, 0.3) is 0 Å². The first-order valence-corrected chi connectivity index (χ1v) is 11.2. The van der Waals surface area contributed by atoms with E-state index in [0.717, 1.165) is 65.0 Å². The minimum Gasteiger partial charge on any atom is -0.298 e. The molecule has 0 unspecified atom stereocenters. The van der Waals surface area contributed by atoms with Gasteiger partial charge in [-0.3, -0.25) is 9.80 Å². The number of piperidine rings is 2. The Bertz CT molecular complexity index is 799. The average Bonchev–Trinajstić information content (AvgIpc) is 2.77. The summed E-state index contributed by atoms with van der Waals surface area (Å²) in [4.78, 5) is 13.2. The molecular weight excluding hydrogens is 419 g/mol. The van der Waals surface area contributed by atoms with Crippen molar-refractivity contribution in [2.45, 2.75) is 38.8 Å². The monoisotopic (exact) mass is 444 g/mol. The van der Waals surface area contributed by atoms with E-state index in [1.54, 1.807) is 0 Å². The van der Waals surface area contributed by atoms with Gasteiger partial charge >= 0.3 is 0 Å². The number of nitrogens with zero attached hydrogens (tertiary/aromatic N) is 6. The van der Waals surface area contributed by atoms with Gasteiger partial charge in [-0.05, 0) is 23.3 Å². The second-order valence-corrected chi connectivity index (χ2v) is 8.64. The highest BCUT2D eigenvalue weighted by Crippen LogP contribution is 2.15. The van der Waals surface area contributed by atoms with Gasteiger partial charge in [-0.25, -0.2) is 9.97 Å². The third-order valence-corrected chi connectivity index (χ3v) is 6.04. The van der Waals surface area contributed by atoms with Crippen molar-refractivity contribution in [1.82, 2.24) is 19.8 Å². The first-order valence-electron chi connectivity index (χ1n) is 10.4. The Kier molecular flexibility index (Phi) is 7.44. The van der Waals surface area contributed by atoms with Gasteiger partial charge in [-0.2, -0.15) is 10.2 Å². The fourth-order valence-corrected chi connectivity index (χ4v) is 4.02. The predicted octanol–water partition coefficient (Wildman–Crippen LogP) is 4.47. The van der Waals surface area contributed by atoms with E-state index in [1.807, 2.05) is 36.7 Å². The minimum absolute atomic E-state index is 0.541. The Morgan fingerprint density at radius 3 is 1.40 bits per heavy atom. The van der Waals surface area contributed by atoms with Crippen molar-refractivity contribution >= 4 is 34.6 Å². The number of hydrogen-bond donors (Lipinski definition) is 0. The highest BCUT2D eigenvalue weighted by molar-refractivity contribution is 6.29. The molecular formula is C22H26Cl2N6. The Labute approximate surface area is 187 Å². The van der Waals surface area contributed by atoms with E-state index in [2.05, 4.69) is 30.0 Å². The summed E-state index contributed by atoms with van der Waals surface area (Å²) in [6, 6.07) is 7.78. The molecule has 0 aromatic carbocycles. The highest BCUT2D eigenvalue weighted by atomic mass is 35.5. The van der Waals surface area contributed by atoms with Crippen LogP contribution in [0.4, 0.5) is 0 Å². The third-order valence-electron chi connectivity index (χ3n) is 5.59. The summed E-state index contributed by atoms with van der Waals surface area (Å²) in [6.45, 7) is 5.85. The lowest BCUT2D eigenvalue weighted by molar-refractivity contribution is 0.265. The van der Waals surface area contributed by atoms with Gasteiger partial charge in [0.2, 0.25) is 0 Å². The van der Waals surface area contributed by atoms with Crippen LogP contribution >= 0.6 is 23.2 Å². The summed E-state index contributed by atoms with van der Waals surface area (Å²) in [5, 5.41) is 10.2. The van der Waals surface area contributed by atoms with Gasteiger partial charge in [0.05, 0.1) is 0 Å². The third kappa shape index (κ3) is 6.32. The van der Waals surface area contributed by atoms with Crippen LogP contribution in [0.1, 0.15) is 36.8 Å². The predicted molar refractivity (Wildman–Crippen MR) is 122 cm³/mol. The average molecular weight is 445 g/mol. The van der Waals surface area contributed by atoms with E-state index in [4.69, 9.17) is 23.2 Å². The Hall–Kier alpha value is -1.86. The van der Waals surface area contributed by atoms with Crippen molar-refractivity contribution in [3.05, 3.63) is 58.1 Å². The molecule has 2 fully saturated rings. The van der Waals surface area contributed by atoms with E-state index in [9.17, 15) is 0 Å². The van der Waals surface area contributed by atoms with Crippen LogP contribution in [-0.4, -0.2) is 57.4 Å². The molecule has 0 aliphatic carbocycles. The molecule has 8 heteroatoms. The van der Waals surface area contributed by atoms with E-state index < -0.39 is 0 Å². The number of aromatic nitrogens is 2. The molecule has 0 N–H and O–H groups in total. The Morgan fingerprint density at radius 1 is 0.667 bits per heavy atom. The van der Waals surface area contributed by atoms with Crippen LogP contribution in [0.15, 0.2) is 46.9 Å². The first kappa shape index (κ1) is 21.4. The molecule has 0 radical (unpaired) electrons. The fraction of sp³-hybridized carbons (Fsp3) is 0.455. The van der Waals surface area contributed by atoms with E-state index in [1.165, 1.54) is 22.6 Å². The maximum Gasteiger partial charge on any atom is 0.129 e. The van der Waals surface area contributed by atoms with Crippen molar-refractivity contribution < 1.29 is 0 Å². The van der Waals surface area contributed by atoms with Gasteiger partial charge in [0, 0.05) is 88.8 Å². The summed E-state index contributed by atoms with van der Waals surface area (Å²) in [7, 11) is 0. The number of hydrogen-bond acceptors (Lipinski definition) is 6. The SMILES string of the molecule is Clc1ccc(CN2CCC(=NN=C3CCN(Cc4ccc(Cl)nc4)CC3)CC2)cn1. The maximum atomic E-state index is 5.86. The smallest absolute Gasteiger partial charge is 0.129 e. The minimum atomic E-state index is 0.541. The maximum absolute atomic E-state index is 5.86. The summed E-state index contributed by atoms with van der Waals surface area (Å²) >= 11 is 11.7. The van der Waals surface area contributed by atoms with Crippen LogP contribution in [-0.2, 0) is 13.1 Å². The number of rotatable bonds is 5.